The molecule has 0 radical (unpaired) electrons. The normalized spacial score (nSPS) is 19.7. The fourth-order valence-corrected chi connectivity index (χ4v) is 7.15. The number of piperazine rings is 1. The summed E-state index contributed by atoms with van der Waals surface area (Å²) in [5, 5.41) is 2.12. The van der Waals surface area contributed by atoms with E-state index in [-0.39, 0.29) is 36.5 Å². The van der Waals surface area contributed by atoms with Crippen LogP contribution in [0.3, 0.4) is 0 Å². The molecule has 6 nitrogen and oxygen atoms in total. The Morgan fingerprint density at radius 1 is 0.971 bits per heavy atom. The van der Waals surface area contributed by atoms with Crippen molar-refractivity contribution in [2.24, 2.45) is 0 Å². The SMILES string of the molecule is O=C(CN1CCc2sccc2C1c1ccccc1)N1CCN(S(=O)(=O)c2cccc(F)c2)CC1. The van der Waals surface area contributed by atoms with Crippen LogP contribution >= 0.6 is 11.3 Å². The first-order valence-corrected chi connectivity index (χ1v) is 13.6. The number of sulfonamides is 1. The van der Waals surface area contributed by atoms with E-state index >= 15 is 0 Å². The molecular weight excluding hydrogens is 473 g/mol. The molecule has 1 fully saturated rings. The van der Waals surface area contributed by atoms with E-state index in [2.05, 4.69) is 28.5 Å². The number of carbonyl (C=O) groups is 1. The Morgan fingerprint density at radius 3 is 2.47 bits per heavy atom. The Hall–Kier alpha value is -2.59. The molecule has 2 aromatic carbocycles. The van der Waals surface area contributed by atoms with E-state index < -0.39 is 15.8 Å². The topological polar surface area (TPSA) is 60.9 Å². The van der Waals surface area contributed by atoms with Crippen LogP contribution in [0.5, 0.6) is 0 Å². The number of fused-ring (bicyclic) bond motifs is 1. The second-order valence-electron chi connectivity index (χ2n) is 8.58. The monoisotopic (exact) mass is 499 g/mol. The van der Waals surface area contributed by atoms with Gasteiger partial charge in [-0.05, 0) is 47.2 Å². The Morgan fingerprint density at radius 2 is 1.74 bits per heavy atom. The quantitative estimate of drug-likeness (QED) is 0.540. The molecule has 2 aliphatic heterocycles. The lowest BCUT2D eigenvalue weighted by Gasteiger charge is -2.39. The van der Waals surface area contributed by atoms with Crippen molar-refractivity contribution in [2.45, 2.75) is 17.4 Å². The van der Waals surface area contributed by atoms with Crippen LogP contribution in [0.2, 0.25) is 0 Å². The third-order valence-electron chi connectivity index (χ3n) is 6.54. The summed E-state index contributed by atoms with van der Waals surface area (Å²) in [6.45, 7) is 2.11. The molecule has 3 heterocycles. The van der Waals surface area contributed by atoms with Gasteiger partial charge >= 0.3 is 0 Å². The molecule has 3 aromatic rings. The average Bonchev–Trinajstić information content (AvgIpc) is 3.33. The van der Waals surface area contributed by atoms with Crippen molar-refractivity contribution in [1.29, 1.82) is 0 Å². The molecule has 0 bridgehead atoms. The minimum Gasteiger partial charge on any atom is -0.339 e. The summed E-state index contributed by atoms with van der Waals surface area (Å²) in [7, 11) is -3.79. The Bertz CT molecular complexity index is 1270. The molecular formula is C25H26FN3O3S2. The van der Waals surface area contributed by atoms with Gasteiger partial charge in [0.1, 0.15) is 5.82 Å². The fraction of sp³-hybridized carbons (Fsp3) is 0.320. The Balaban J connectivity index is 1.26. The molecule has 5 rings (SSSR count). The lowest BCUT2D eigenvalue weighted by molar-refractivity contribution is -0.134. The molecule has 1 amide bonds. The first kappa shape index (κ1) is 23.2. The molecule has 2 aliphatic rings. The van der Waals surface area contributed by atoms with Gasteiger partial charge in [-0.3, -0.25) is 9.69 Å². The van der Waals surface area contributed by atoms with Crippen LogP contribution in [0, 0.1) is 5.82 Å². The zero-order valence-corrected chi connectivity index (χ0v) is 20.3. The fourth-order valence-electron chi connectivity index (χ4n) is 4.79. The molecule has 1 saturated heterocycles. The van der Waals surface area contributed by atoms with Gasteiger partial charge in [0.15, 0.2) is 0 Å². The Labute approximate surface area is 203 Å². The summed E-state index contributed by atoms with van der Waals surface area (Å²) in [4.78, 5) is 18.5. The van der Waals surface area contributed by atoms with Gasteiger partial charge in [-0.15, -0.1) is 11.3 Å². The molecule has 0 aliphatic carbocycles. The highest BCUT2D eigenvalue weighted by atomic mass is 32.2. The molecule has 0 N–H and O–H groups in total. The maximum absolute atomic E-state index is 13.5. The zero-order chi connectivity index (χ0) is 23.7. The van der Waals surface area contributed by atoms with Crippen LogP contribution < -0.4 is 0 Å². The summed E-state index contributed by atoms with van der Waals surface area (Å²) in [5.74, 6) is -0.583. The van der Waals surface area contributed by atoms with Crippen molar-refractivity contribution in [2.75, 3.05) is 39.3 Å². The van der Waals surface area contributed by atoms with Crippen LogP contribution in [0.15, 0.2) is 70.9 Å². The number of hydrogen-bond donors (Lipinski definition) is 0. The van der Waals surface area contributed by atoms with E-state index in [0.717, 1.165) is 19.0 Å². The highest BCUT2D eigenvalue weighted by molar-refractivity contribution is 7.89. The Kier molecular flexibility index (Phi) is 6.52. The first-order valence-electron chi connectivity index (χ1n) is 11.3. The number of amides is 1. The van der Waals surface area contributed by atoms with Crippen LogP contribution in [-0.2, 0) is 21.2 Å². The molecule has 0 saturated carbocycles. The van der Waals surface area contributed by atoms with Gasteiger partial charge in [0.2, 0.25) is 15.9 Å². The highest BCUT2D eigenvalue weighted by Crippen LogP contribution is 2.37. The summed E-state index contributed by atoms with van der Waals surface area (Å²) >= 11 is 1.77. The van der Waals surface area contributed by atoms with E-state index in [9.17, 15) is 17.6 Å². The second kappa shape index (κ2) is 9.58. The van der Waals surface area contributed by atoms with Crippen molar-refractivity contribution < 1.29 is 17.6 Å². The van der Waals surface area contributed by atoms with Crippen molar-refractivity contribution in [3.8, 4) is 0 Å². The minimum atomic E-state index is -3.79. The van der Waals surface area contributed by atoms with Gasteiger partial charge in [-0.25, -0.2) is 12.8 Å². The third kappa shape index (κ3) is 4.53. The number of carbonyl (C=O) groups excluding carboxylic acids is 1. The first-order chi connectivity index (χ1) is 16.4. The molecule has 178 valence electrons. The van der Waals surface area contributed by atoms with Gasteiger partial charge in [-0.1, -0.05) is 36.4 Å². The van der Waals surface area contributed by atoms with Gasteiger partial charge in [-0.2, -0.15) is 4.31 Å². The second-order valence-corrected chi connectivity index (χ2v) is 11.5. The number of benzene rings is 2. The molecule has 9 heteroatoms. The molecule has 1 aromatic heterocycles. The number of halogens is 1. The third-order valence-corrected chi connectivity index (χ3v) is 9.44. The summed E-state index contributed by atoms with van der Waals surface area (Å²) in [5.41, 5.74) is 2.43. The van der Waals surface area contributed by atoms with Crippen LogP contribution in [0.1, 0.15) is 22.0 Å². The van der Waals surface area contributed by atoms with Crippen LogP contribution in [-0.4, -0.2) is 67.7 Å². The number of hydrogen-bond acceptors (Lipinski definition) is 5. The number of rotatable bonds is 5. The molecule has 1 atom stereocenters. The largest absolute Gasteiger partial charge is 0.339 e. The number of nitrogens with zero attached hydrogens (tertiary/aromatic N) is 3. The predicted molar refractivity (Wildman–Crippen MR) is 130 cm³/mol. The maximum atomic E-state index is 13.5. The predicted octanol–water partition coefficient (Wildman–Crippen LogP) is 3.37. The molecule has 34 heavy (non-hydrogen) atoms. The van der Waals surface area contributed by atoms with Gasteiger partial charge in [0.25, 0.3) is 0 Å². The molecule has 1 unspecified atom stereocenters. The van der Waals surface area contributed by atoms with Gasteiger partial charge < -0.3 is 4.90 Å². The lowest BCUT2D eigenvalue weighted by atomic mass is 9.93. The lowest BCUT2D eigenvalue weighted by Crippen LogP contribution is -2.53. The van der Waals surface area contributed by atoms with E-state index in [1.165, 1.54) is 38.5 Å². The smallest absolute Gasteiger partial charge is 0.243 e. The van der Waals surface area contributed by atoms with Crippen LogP contribution in [0.25, 0.3) is 0 Å². The average molecular weight is 500 g/mol. The summed E-state index contributed by atoms with van der Waals surface area (Å²) < 4.78 is 40.6. The number of thiophene rings is 1. The molecule has 0 spiro atoms. The highest BCUT2D eigenvalue weighted by Gasteiger charge is 2.34. The van der Waals surface area contributed by atoms with Crippen molar-refractivity contribution in [3.63, 3.8) is 0 Å². The summed E-state index contributed by atoms with van der Waals surface area (Å²) in [6, 6.07) is 17.5. The van der Waals surface area contributed by atoms with E-state index in [1.807, 2.05) is 18.2 Å². The van der Waals surface area contributed by atoms with Gasteiger partial charge in [0, 0.05) is 37.6 Å². The van der Waals surface area contributed by atoms with Crippen molar-refractivity contribution in [3.05, 3.63) is 87.9 Å². The van der Waals surface area contributed by atoms with Gasteiger partial charge in [0.05, 0.1) is 17.5 Å². The van der Waals surface area contributed by atoms with Crippen molar-refractivity contribution >= 4 is 27.3 Å². The zero-order valence-electron chi connectivity index (χ0n) is 18.6. The minimum absolute atomic E-state index is 0.00224. The standard InChI is InChI=1S/C25H26FN3O3S2/c26-20-7-4-8-21(17-20)34(31,32)29-14-12-27(13-15-29)24(30)18-28-11-9-23-22(10-16-33-23)25(28)19-5-2-1-3-6-19/h1-8,10,16-17,25H,9,11-15,18H2. The van der Waals surface area contributed by atoms with E-state index in [4.69, 9.17) is 0 Å². The van der Waals surface area contributed by atoms with E-state index in [0.29, 0.717) is 13.1 Å². The maximum Gasteiger partial charge on any atom is 0.243 e. The van der Waals surface area contributed by atoms with Crippen molar-refractivity contribution in [1.82, 2.24) is 14.1 Å². The summed E-state index contributed by atoms with van der Waals surface area (Å²) in [6.07, 6.45) is 0.920. The van der Waals surface area contributed by atoms with Crippen LogP contribution in [0.4, 0.5) is 4.39 Å². The van der Waals surface area contributed by atoms with E-state index in [1.54, 1.807) is 16.2 Å².